The highest BCUT2D eigenvalue weighted by atomic mass is 32.1. The number of nitrogens with zero attached hydrogens (tertiary/aromatic N) is 3. The number of hydrogen-bond acceptors (Lipinski definition) is 4. The Morgan fingerprint density at radius 3 is 2.16 bits per heavy atom. The highest BCUT2D eigenvalue weighted by Gasteiger charge is 2.23. The van der Waals surface area contributed by atoms with Gasteiger partial charge in [0.05, 0.1) is 38.7 Å². The van der Waals surface area contributed by atoms with Crippen molar-refractivity contribution >= 4 is 32.5 Å². The fraction of sp³-hybridized carbons (Fsp3) is 0.0294. The molecule has 3 heterocycles. The molecule has 0 spiro atoms. The first kappa shape index (κ1) is 22.5. The number of thiazole rings is 1. The van der Waals surface area contributed by atoms with Crippen LogP contribution < -0.4 is 0 Å². The van der Waals surface area contributed by atoms with E-state index in [0.717, 1.165) is 54.3 Å². The highest BCUT2D eigenvalue weighted by Crippen LogP contribution is 2.39. The summed E-state index contributed by atoms with van der Waals surface area (Å²) in [6.07, 6.45) is 0. The summed E-state index contributed by atoms with van der Waals surface area (Å²) >= 11 is 1.73. The fourth-order valence-corrected chi connectivity index (χ4v) is 6.11. The quantitative estimate of drug-likeness (QED) is 0.235. The van der Waals surface area contributed by atoms with Crippen LogP contribution in [0.3, 0.4) is 0 Å². The number of fused-ring (bicyclic) bond motifs is 2. The number of hydrogen-bond donors (Lipinski definition) is 0. The molecule has 1 unspecified atom stereocenters. The summed E-state index contributed by atoms with van der Waals surface area (Å²) in [7, 11) is 0. The standard InChI is InChI=1S/C34H23N3S/c1-3-11-23(12-4-1)28-18-10-19-30(36-28)32(25-14-5-2-6-15-25)34-37-33-26(16-9-20-31(33)38-34)29-22-21-24-13-7-8-17-27(24)35-29/h1-22,32H. The molecule has 38 heavy (non-hydrogen) atoms. The summed E-state index contributed by atoms with van der Waals surface area (Å²) in [5, 5.41) is 2.16. The Morgan fingerprint density at radius 2 is 1.29 bits per heavy atom. The van der Waals surface area contributed by atoms with Gasteiger partial charge in [0.25, 0.3) is 0 Å². The van der Waals surface area contributed by atoms with Crippen LogP contribution in [-0.4, -0.2) is 15.0 Å². The predicted octanol–water partition coefficient (Wildman–Crippen LogP) is 8.75. The molecule has 180 valence electrons. The van der Waals surface area contributed by atoms with Crippen LogP contribution in [0.4, 0.5) is 0 Å². The topological polar surface area (TPSA) is 38.7 Å². The van der Waals surface area contributed by atoms with Crippen LogP contribution in [0.2, 0.25) is 0 Å². The molecule has 0 aliphatic rings. The number of pyridine rings is 2. The Hall–Kier alpha value is -4.67. The lowest BCUT2D eigenvalue weighted by molar-refractivity contribution is 0.911. The summed E-state index contributed by atoms with van der Waals surface area (Å²) < 4.78 is 1.15. The molecule has 7 aromatic rings. The minimum absolute atomic E-state index is 0.0744. The lowest BCUT2D eigenvalue weighted by Crippen LogP contribution is -2.06. The highest BCUT2D eigenvalue weighted by molar-refractivity contribution is 7.18. The van der Waals surface area contributed by atoms with Gasteiger partial charge in [0.2, 0.25) is 0 Å². The Kier molecular flexibility index (Phi) is 5.72. The molecule has 0 bridgehead atoms. The first-order valence-electron chi connectivity index (χ1n) is 12.7. The molecule has 0 amide bonds. The van der Waals surface area contributed by atoms with Crippen LogP contribution in [0, 0.1) is 0 Å². The predicted molar refractivity (Wildman–Crippen MR) is 157 cm³/mol. The van der Waals surface area contributed by atoms with Gasteiger partial charge in [0, 0.05) is 16.5 Å². The second kappa shape index (κ2) is 9.66. The zero-order chi connectivity index (χ0) is 25.3. The summed E-state index contributed by atoms with van der Waals surface area (Å²) in [6.45, 7) is 0. The molecule has 4 heteroatoms. The van der Waals surface area contributed by atoms with Crippen molar-refractivity contribution < 1.29 is 0 Å². The van der Waals surface area contributed by atoms with E-state index >= 15 is 0 Å². The Bertz CT molecular complexity index is 1880. The molecule has 3 nitrogen and oxygen atoms in total. The largest absolute Gasteiger partial charge is 0.252 e. The van der Waals surface area contributed by atoms with Gasteiger partial charge >= 0.3 is 0 Å². The molecule has 0 saturated carbocycles. The van der Waals surface area contributed by atoms with Gasteiger partial charge in [0.15, 0.2) is 0 Å². The maximum Gasteiger partial charge on any atom is 0.107 e. The molecule has 3 aromatic heterocycles. The van der Waals surface area contributed by atoms with Gasteiger partial charge in [-0.25, -0.2) is 9.97 Å². The second-order valence-corrected chi connectivity index (χ2v) is 10.3. The van der Waals surface area contributed by atoms with E-state index in [9.17, 15) is 0 Å². The van der Waals surface area contributed by atoms with Crippen LogP contribution in [-0.2, 0) is 0 Å². The zero-order valence-electron chi connectivity index (χ0n) is 20.5. The molecule has 7 rings (SSSR count). The van der Waals surface area contributed by atoms with Gasteiger partial charge in [-0.3, -0.25) is 4.98 Å². The molecule has 0 fully saturated rings. The molecule has 0 aliphatic heterocycles. The van der Waals surface area contributed by atoms with E-state index in [4.69, 9.17) is 15.0 Å². The van der Waals surface area contributed by atoms with E-state index < -0.39 is 0 Å². The second-order valence-electron chi connectivity index (χ2n) is 9.25. The van der Waals surface area contributed by atoms with Crippen molar-refractivity contribution in [2.24, 2.45) is 0 Å². The smallest absolute Gasteiger partial charge is 0.107 e. The summed E-state index contributed by atoms with van der Waals surface area (Å²) in [5.41, 5.74) is 8.19. The Labute approximate surface area is 225 Å². The van der Waals surface area contributed by atoms with Crippen molar-refractivity contribution in [3.63, 3.8) is 0 Å². The van der Waals surface area contributed by atoms with Crippen molar-refractivity contribution in [3.05, 3.63) is 150 Å². The molecular weight excluding hydrogens is 482 g/mol. The lowest BCUT2D eigenvalue weighted by Gasteiger charge is -2.16. The molecule has 0 aliphatic carbocycles. The zero-order valence-corrected chi connectivity index (χ0v) is 21.3. The van der Waals surface area contributed by atoms with E-state index in [0.29, 0.717) is 0 Å². The molecule has 0 saturated heterocycles. The van der Waals surface area contributed by atoms with Crippen LogP contribution >= 0.6 is 11.3 Å². The molecule has 0 N–H and O–H groups in total. The van der Waals surface area contributed by atoms with Crippen LogP contribution in [0.5, 0.6) is 0 Å². The summed E-state index contributed by atoms with van der Waals surface area (Å²) in [6, 6.07) is 46.0. The van der Waals surface area contributed by atoms with Gasteiger partial charge in [-0.1, -0.05) is 103 Å². The fourth-order valence-electron chi connectivity index (χ4n) is 4.98. The third kappa shape index (κ3) is 4.15. The van der Waals surface area contributed by atoms with E-state index in [1.165, 1.54) is 5.56 Å². The maximum atomic E-state index is 5.26. The van der Waals surface area contributed by atoms with Gasteiger partial charge in [-0.2, -0.15) is 0 Å². The third-order valence-electron chi connectivity index (χ3n) is 6.83. The number of rotatable bonds is 5. The minimum Gasteiger partial charge on any atom is -0.252 e. The van der Waals surface area contributed by atoms with Crippen molar-refractivity contribution in [2.45, 2.75) is 5.92 Å². The van der Waals surface area contributed by atoms with Gasteiger partial charge < -0.3 is 0 Å². The van der Waals surface area contributed by atoms with Crippen molar-refractivity contribution in [1.82, 2.24) is 15.0 Å². The lowest BCUT2D eigenvalue weighted by atomic mass is 9.95. The SMILES string of the molecule is c1ccc(-c2cccc(C(c3ccccc3)c3nc4c(-c5ccc6ccccc6n5)cccc4s3)n2)cc1. The monoisotopic (exact) mass is 505 g/mol. The van der Waals surface area contributed by atoms with Crippen LogP contribution in [0.1, 0.15) is 22.2 Å². The van der Waals surface area contributed by atoms with E-state index in [1.54, 1.807) is 11.3 Å². The first-order valence-corrected chi connectivity index (χ1v) is 13.5. The van der Waals surface area contributed by atoms with Crippen molar-refractivity contribution in [1.29, 1.82) is 0 Å². The average molecular weight is 506 g/mol. The maximum absolute atomic E-state index is 5.26. The van der Waals surface area contributed by atoms with Crippen molar-refractivity contribution in [2.75, 3.05) is 0 Å². The van der Waals surface area contributed by atoms with E-state index in [1.807, 2.05) is 30.3 Å². The molecule has 4 aromatic carbocycles. The normalized spacial score (nSPS) is 12.1. The van der Waals surface area contributed by atoms with Crippen LogP contribution in [0.15, 0.2) is 133 Å². The Balaban J connectivity index is 1.38. The van der Waals surface area contributed by atoms with Crippen LogP contribution in [0.25, 0.3) is 43.6 Å². The molecular formula is C34H23N3S. The van der Waals surface area contributed by atoms with Gasteiger partial charge in [-0.15, -0.1) is 11.3 Å². The minimum atomic E-state index is -0.0744. The first-order chi connectivity index (χ1) is 18.8. The summed E-state index contributed by atoms with van der Waals surface area (Å²) in [4.78, 5) is 15.4. The van der Waals surface area contributed by atoms with Gasteiger partial charge in [0.1, 0.15) is 5.01 Å². The number of para-hydroxylation sites is 2. The average Bonchev–Trinajstić information content (AvgIpc) is 3.42. The third-order valence-corrected chi connectivity index (χ3v) is 7.91. The summed E-state index contributed by atoms with van der Waals surface area (Å²) in [5.74, 6) is -0.0744. The number of benzene rings is 4. The molecule has 1 atom stereocenters. The van der Waals surface area contributed by atoms with Gasteiger partial charge in [-0.05, 0) is 35.9 Å². The van der Waals surface area contributed by atoms with E-state index in [-0.39, 0.29) is 5.92 Å². The molecule has 0 radical (unpaired) electrons. The van der Waals surface area contributed by atoms with Crippen molar-refractivity contribution in [3.8, 4) is 22.5 Å². The van der Waals surface area contributed by atoms with E-state index in [2.05, 4.69) is 103 Å². The number of aromatic nitrogens is 3. The Morgan fingerprint density at radius 1 is 0.526 bits per heavy atom.